The molecule has 0 amide bonds. The Labute approximate surface area is 233 Å². The van der Waals surface area contributed by atoms with Crippen LogP contribution in [0.2, 0.25) is 0 Å². The summed E-state index contributed by atoms with van der Waals surface area (Å²) in [5, 5.41) is 10.9. The highest BCUT2D eigenvalue weighted by Crippen LogP contribution is 2.74. The molecule has 3 aliphatic carbocycles. The molecular weight excluding hydrogens is 496 g/mol. The van der Waals surface area contributed by atoms with Crippen LogP contribution in [-0.4, -0.2) is 47.9 Å². The highest BCUT2D eigenvalue weighted by Gasteiger charge is 2.70. The van der Waals surface area contributed by atoms with Crippen molar-refractivity contribution >= 4 is 17.9 Å². The lowest BCUT2D eigenvalue weighted by molar-refractivity contribution is -0.236. The van der Waals surface area contributed by atoms with Crippen LogP contribution in [0.1, 0.15) is 99.8 Å². The number of esters is 3. The van der Waals surface area contributed by atoms with Gasteiger partial charge in [0.1, 0.15) is 12.2 Å². The third-order valence-electron chi connectivity index (χ3n) is 12.6. The molecule has 39 heavy (non-hydrogen) atoms. The van der Waals surface area contributed by atoms with Crippen LogP contribution in [-0.2, 0) is 28.6 Å². The van der Waals surface area contributed by atoms with Gasteiger partial charge in [-0.2, -0.15) is 0 Å². The Hall–Kier alpha value is -1.89. The van der Waals surface area contributed by atoms with E-state index in [-0.39, 0.29) is 57.5 Å². The standard InChI is InChI=1S/C32H48O7/c1-18-14-21(39-28(18)36)15-23(38-20(3)33)19(2)22-8-9-25-30(6)12-11-26(34)29(4,5)24(30)10-13-31(25,7)32(22)16-27(35)37-17-32/h14,19,21-26,34H,8-13,15-17H2,1-7H3. The van der Waals surface area contributed by atoms with Gasteiger partial charge in [-0.3, -0.25) is 9.59 Å². The van der Waals surface area contributed by atoms with Crippen LogP contribution >= 0.6 is 0 Å². The van der Waals surface area contributed by atoms with Gasteiger partial charge >= 0.3 is 17.9 Å². The molecule has 10 atom stereocenters. The smallest absolute Gasteiger partial charge is 0.334 e. The Bertz CT molecular complexity index is 1060. The molecule has 10 unspecified atom stereocenters. The summed E-state index contributed by atoms with van der Waals surface area (Å²) in [4.78, 5) is 37.2. The second kappa shape index (κ2) is 9.60. The molecular formula is C32H48O7. The van der Waals surface area contributed by atoms with Crippen LogP contribution in [0.5, 0.6) is 0 Å². The summed E-state index contributed by atoms with van der Waals surface area (Å²) in [6.45, 7) is 15.1. The van der Waals surface area contributed by atoms with Crippen molar-refractivity contribution in [3.8, 4) is 0 Å². The molecule has 7 nitrogen and oxygen atoms in total. The third-order valence-corrected chi connectivity index (χ3v) is 12.6. The van der Waals surface area contributed by atoms with Gasteiger partial charge in [0.2, 0.25) is 0 Å². The summed E-state index contributed by atoms with van der Waals surface area (Å²) in [5.41, 5.74) is 0.0594. The van der Waals surface area contributed by atoms with Crippen molar-refractivity contribution in [2.45, 2.75) is 118 Å². The van der Waals surface area contributed by atoms with Gasteiger partial charge in [-0.15, -0.1) is 0 Å². The number of cyclic esters (lactones) is 2. The zero-order chi connectivity index (χ0) is 28.5. The molecule has 5 aliphatic rings. The van der Waals surface area contributed by atoms with E-state index in [0.717, 1.165) is 38.5 Å². The Morgan fingerprint density at radius 1 is 1.10 bits per heavy atom. The second-order valence-corrected chi connectivity index (χ2v) is 14.7. The fraction of sp³-hybridized carbons (Fsp3) is 0.844. The molecule has 0 aromatic rings. The van der Waals surface area contributed by atoms with Crippen LogP contribution in [0.4, 0.5) is 0 Å². The van der Waals surface area contributed by atoms with Crippen LogP contribution in [0, 0.1) is 45.3 Å². The minimum absolute atomic E-state index is 0.0377. The van der Waals surface area contributed by atoms with E-state index in [2.05, 4.69) is 34.6 Å². The van der Waals surface area contributed by atoms with Crippen molar-refractivity contribution in [1.82, 2.24) is 0 Å². The predicted molar refractivity (Wildman–Crippen MR) is 145 cm³/mol. The topological polar surface area (TPSA) is 99.1 Å². The van der Waals surface area contributed by atoms with Gasteiger partial charge in [0.05, 0.1) is 19.1 Å². The van der Waals surface area contributed by atoms with Gasteiger partial charge in [-0.05, 0) is 91.4 Å². The molecule has 1 saturated heterocycles. The van der Waals surface area contributed by atoms with E-state index in [1.165, 1.54) is 6.92 Å². The molecule has 5 rings (SSSR count). The third kappa shape index (κ3) is 4.28. The first-order valence-corrected chi connectivity index (χ1v) is 15.1. The largest absolute Gasteiger partial charge is 0.465 e. The van der Waals surface area contributed by atoms with Gasteiger partial charge in [0.25, 0.3) is 0 Å². The minimum atomic E-state index is -0.434. The Kier molecular flexibility index (Phi) is 7.04. The van der Waals surface area contributed by atoms with Crippen LogP contribution in [0.3, 0.4) is 0 Å². The van der Waals surface area contributed by atoms with Crippen LogP contribution in [0.25, 0.3) is 0 Å². The molecule has 2 aliphatic heterocycles. The van der Waals surface area contributed by atoms with Gasteiger partial charge < -0.3 is 19.3 Å². The number of hydrogen-bond acceptors (Lipinski definition) is 7. The average molecular weight is 545 g/mol. The summed E-state index contributed by atoms with van der Waals surface area (Å²) in [7, 11) is 0. The summed E-state index contributed by atoms with van der Waals surface area (Å²) in [5.74, 6) is 0.134. The lowest BCUT2D eigenvalue weighted by Crippen LogP contribution is -2.66. The molecule has 1 N–H and O–H groups in total. The number of aliphatic hydroxyl groups excluding tert-OH is 1. The molecule has 3 saturated carbocycles. The zero-order valence-corrected chi connectivity index (χ0v) is 24.9. The SMILES string of the molecule is CC(=O)OC(CC1C=C(C)C(=O)O1)C(C)C1CCC2C3(C)CCC(O)C(C)(C)C3CCC2(C)C12COC(=O)C2. The van der Waals surface area contributed by atoms with Crippen LogP contribution < -0.4 is 0 Å². The average Bonchev–Trinajstić information content (AvgIpc) is 3.39. The van der Waals surface area contributed by atoms with Crippen molar-refractivity contribution in [1.29, 1.82) is 0 Å². The fourth-order valence-corrected chi connectivity index (χ4v) is 10.6. The van der Waals surface area contributed by atoms with Crippen molar-refractivity contribution in [2.24, 2.45) is 45.3 Å². The molecule has 0 radical (unpaired) electrons. The van der Waals surface area contributed by atoms with E-state index < -0.39 is 12.2 Å². The Morgan fingerprint density at radius 3 is 2.41 bits per heavy atom. The molecule has 4 fully saturated rings. The highest BCUT2D eigenvalue weighted by molar-refractivity contribution is 5.90. The number of ether oxygens (including phenoxy) is 3. The normalized spacial score (nSPS) is 44.5. The van der Waals surface area contributed by atoms with E-state index in [1.54, 1.807) is 6.92 Å². The molecule has 0 aromatic heterocycles. The lowest BCUT2D eigenvalue weighted by Gasteiger charge is -2.70. The van der Waals surface area contributed by atoms with E-state index in [1.807, 2.05) is 6.08 Å². The zero-order valence-electron chi connectivity index (χ0n) is 24.9. The minimum Gasteiger partial charge on any atom is -0.465 e. The summed E-state index contributed by atoms with van der Waals surface area (Å²) in [6, 6.07) is 0. The number of carbonyl (C=O) groups excluding carboxylic acids is 3. The van der Waals surface area contributed by atoms with E-state index in [4.69, 9.17) is 14.2 Å². The monoisotopic (exact) mass is 544 g/mol. The maximum Gasteiger partial charge on any atom is 0.334 e. The second-order valence-electron chi connectivity index (χ2n) is 14.7. The molecule has 2 heterocycles. The molecule has 7 heteroatoms. The van der Waals surface area contributed by atoms with E-state index in [0.29, 0.717) is 36.9 Å². The first kappa shape index (κ1) is 28.6. The van der Waals surface area contributed by atoms with Crippen molar-refractivity contribution in [3.63, 3.8) is 0 Å². The van der Waals surface area contributed by atoms with Crippen molar-refractivity contribution in [3.05, 3.63) is 11.6 Å². The van der Waals surface area contributed by atoms with Gasteiger partial charge in [0.15, 0.2) is 0 Å². The Balaban J connectivity index is 1.49. The number of hydrogen-bond donors (Lipinski definition) is 1. The van der Waals surface area contributed by atoms with Crippen molar-refractivity contribution < 1.29 is 33.7 Å². The fourth-order valence-electron chi connectivity index (χ4n) is 10.6. The summed E-state index contributed by atoms with van der Waals surface area (Å²) >= 11 is 0. The molecule has 218 valence electrons. The summed E-state index contributed by atoms with van der Waals surface area (Å²) in [6.07, 6.45) is 7.31. The number of fused-ring (bicyclic) bond motifs is 4. The lowest BCUT2D eigenvalue weighted by atomic mass is 9.34. The van der Waals surface area contributed by atoms with Crippen LogP contribution in [0.15, 0.2) is 11.6 Å². The van der Waals surface area contributed by atoms with Crippen molar-refractivity contribution in [2.75, 3.05) is 6.61 Å². The Morgan fingerprint density at radius 2 is 1.82 bits per heavy atom. The molecule has 1 spiro atoms. The van der Waals surface area contributed by atoms with E-state index in [9.17, 15) is 19.5 Å². The number of carbonyl (C=O) groups is 3. The quantitative estimate of drug-likeness (QED) is 0.366. The number of rotatable bonds is 5. The highest BCUT2D eigenvalue weighted by atomic mass is 16.6. The molecule has 0 aromatic carbocycles. The van der Waals surface area contributed by atoms with Gasteiger partial charge in [-0.1, -0.05) is 34.6 Å². The first-order valence-electron chi connectivity index (χ1n) is 15.1. The van der Waals surface area contributed by atoms with E-state index >= 15 is 0 Å². The maximum atomic E-state index is 12.9. The van der Waals surface area contributed by atoms with Gasteiger partial charge in [0, 0.05) is 24.3 Å². The maximum absolute atomic E-state index is 12.9. The predicted octanol–water partition coefficient (Wildman–Crippen LogP) is 5.38. The summed E-state index contributed by atoms with van der Waals surface area (Å²) < 4.78 is 17.3. The first-order chi connectivity index (χ1) is 18.2. The number of aliphatic hydroxyl groups is 1. The van der Waals surface area contributed by atoms with Gasteiger partial charge in [-0.25, -0.2) is 4.79 Å². The molecule has 0 bridgehead atoms.